The van der Waals surface area contributed by atoms with Crippen molar-refractivity contribution in [3.05, 3.63) is 21.9 Å². The van der Waals surface area contributed by atoms with Gasteiger partial charge < -0.3 is 15.4 Å². The maximum Gasteiger partial charge on any atom is 0.234 e. The second-order valence-electron chi connectivity index (χ2n) is 4.05. The molecule has 0 spiro atoms. The number of hydrogen-bond acceptors (Lipinski definition) is 4. The van der Waals surface area contributed by atoms with Gasteiger partial charge in [0.25, 0.3) is 0 Å². The largest absolute Gasteiger partial charge is 0.383 e. The molecule has 0 aliphatic carbocycles. The maximum atomic E-state index is 11.5. The summed E-state index contributed by atoms with van der Waals surface area (Å²) < 4.78 is 4.95. The molecule has 0 radical (unpaired) electrons. The summed E-state index contributed by atoms with van der Waals surface area (Å²) in [5.41, 5.74) is 1.27. The molecule has 2 N–H and O–H groups in total. The number of carbonyl (C=O) groups excluding carboxylic acids is 1. The van der Waals surface area contributed by atoms with Crippen LogP contribution in [-0.4, -0.2) is 32.2 Å². The molecule has 96 valence electrons. The van der Waals surface area contributed by atoms with Crippen LogP contribution in [-0.2, 0) is 16.1 Å². The Kier molecular flexibility index (Phi) is 6.18. The van der Waals surface area contributed by atoms with E-state index in [0.29, 0.717) is 13.2 Å². The Morgan fingerprint density at radius 3 is 2.94 bits per heavy atom. The van der Waals surface area contributed by atoms with Crippen molar-refractivity contribution in [1.82, 2.24) is 10.6 Å². The van der Waals surface area contributed by atoms with E-state index >= 15 is 0 Å². The van der Waals surface area contributed by atoms with E-state index < -0.39 is 0 Å². The third-order valence-corrected chi connectivity index (χ3v) is 3.39. The SMILES string of the molecule is COCC(C)NC(=O)CNCc1sccc1C. The van der Waals surface area contributed by atoms with Gasteiger partial charge in [0.05, 0.1) is 13.2 Å². The predicted molar refractivity (Wildman–Crippen MR) is 70.2 cm³/mol. The van der Waals surface area contributed by atoms with Gasteiger partial charge in [-0.25, -0.2) is 0 Å². The van der Waals surface area contributed by atoms with Crippen molar-refractivity contribution in [2.75, 3.05) is 20.3 Å². The van der Waals surface area contributed by atoms with E-state index in [-0.39, 0.29) is 11.9 Å². The lowest BCUT2D eigenvalue weighted by molar-refractivity contribution is -0.121. The Labute approximate surface area is 106 Å². The molecule has 0 aliphatic heterocycles. The molecule has 1 unspecified atom stereocenters. The zero-order chi connectivity index (χ0) is 12.7. The van der Waals surface area contributed by atoms with Gasteiger partial charge in [0.15, 0.2) is 0 Å². The van der Waals surface area contributed by atoms with Gasteiger partial charge in [-0.1, -0.05) is 0 Å². The zero-order valence-electron chi connectivity index (χ0n) is 10.6. The predicted octanol–water partition coefficient (Wildman–Crippen LogP) is 1.30. The first-order chi connectivity index (χ1) is 8.13. The summed E-state index contributed by atoms with van der Waals surface area (Å²) in [6.07, 6.45) is 0. The fraction of sp³-hybridized carbons (Fsp3) is 0.583. The minimum Gasteiger partial charge on any atom is -0.383 e. The molecular weight excluding hydrogens is 236 g/mol. The average molecular weight is 256 g/mol. The molecule has 0 fully saturated rings. The number of thiophene rings is 1. The van der Waals surface area contributed by atoms with Crippen molar-refractivity contribution in [3.63, 3.8) is 0 Å². The van der Waals surface area contributed by atoms with Crippen molar-refractivity contribution in [2.45, 2.75) is 26.4 Å². The van der Waals surface area contributed by atoms with Crippen LogP contribution in [0.1, 0.15) is 17.4 Å². The standard InChI is InChI=1S/C12H20N2O2S/c1-9-4-5-17-11(9)6-13-7-12(15)14-10(2)8-16-3/h4-5,10,13H,6-8H2,1-3H3,(H,14,15). The first kappa shape index (κ1) is 14.2. The van der Waals surface area contributed by atoms with Crippen LogP contribution >= 0.6 is 11.3 Å². The topological polar surface area (TPSA) is 50.4 Å². The molecule has 1 heterocycles. The molecule has 1 amide bonds. The van der Waals surface area contributed by atoms with Gasteiger partial charge in [-0.3, -0.25) is 4.79 Å². The van der Waals surface area contributed by atoms with Gasteiger partial charge >= 0.3 is 0 Å². The fourth-order valence-corrected chi connectivity index (χ4v) is 2.37. The van der Waals surface area contributed by atoms with Crippen LogP contribution in [0.25, 0.3) is 0 Å². The Morgan fingerprint density at radius 2 is 2.35 bits per heavy atom. The van der Waals surface area contributed by atoms with Gasteiger partial charge in [-0.2, -0.15) is 0 Å². The molecule has 0 bridgehead atoms. The maximum absolute atomic E-state index is 11.5. The normalized spacial score (nSPS) is 12.4. The minimum atomic E-state index is 0.00348. The highest BCUT2D eigenvalue weighted by Crippen LogP contribution is 2.14. The van der Waals surface area contributed by atoms with Crippen LogP contribution in [0.2, 0.25) is 0 Å². The molecular formula is C12H20N2O2S. The van der Waals surface area contributed by atoms with E-state index in [9.17, 15) is 4.79 Å². The zero-order valence-corrected chi connectivity index (χ0v) is 11.4. The molecule has 17 heavy (non-hydrogen) atoms. The monoisotopic (exact) mass is 256 g/mol. The number of hydrogen-bond donors (Lipinski definition) is 2. The van der Waals surface area contributed by atoms with E-state index in [1.165, 1.54) is 10.4 Å². The second-order valence-corrected chi connectivity index (χ2v) is 5.05. The van der Waals surface area contributed by atoms with Gasteiger partial charge in [0.2, 0.25) is 5.91 Å². The lowest BCUT2D eigenvalue weighted by atomic mass is 10.3. The van der Waals surface area contributed by atoms with Crippen LogP contribution in [0, 0.1) is 6.92 Å². The number of ether oxygens (including phenoxy) is 1. The summed E-state index contributed by atoms with van der Waals surface area (Å²) in [6, 6.07) is 2.14. The number of methoxy groups -OCH3 is 1. The quantitative estimate of drug-likeness (QED) is 0.773. The smallest absolute Gasteiger partial charge is 0.234 e. The van der Waals surface area contributed by atoms with Crippen LogP contribution in [0.5, 0.6) is 0 Å². The van der Waals surface area contributed by atoms with Crippen molar-refractivity contribution in [3.8, 4) is 0 Å². The second kappa shape index (κ2) is 7.42. The van der Waals surface area contributed by atoms with E-state index in [0.717, 1.165) is 6.54 Å². The molecule has 0 aliphatic rings. The Balaban J connectivity index is 2.18. The van der Waals surface area contributed by atoms with Crippen LogP contribution in [0.3, 0.4) is 0 Å². The molecule has 1 rings (SSSR count). The van der Waals surface area contributed by atoms with E-state index in [1.807, 2.05) is 6.92 Å². The van der Waals surface area contributed by atoms with Crippen LogP contribution in [0.15, 0.2) is 11.4 Å². The van der Waals surface area contributed by atoms with Gasteiger partial charge in [-0.05, 0) is 30.9 Å². The summed E-state index contributed by atoms with van der Waals surface area (Å²) in [6.45, 7) is 5.62. The van der Waals surface area contributed by atoms with Crippen molar-refractivity contribution in [1.29, 1.82) is 0 Å². The summed E-state index contributed by atoms with van der Waals surface area (Å²) in [7, 11) is 1.63. The third-order valence-electron chi connectivity index (χ3n) is 2.36. The summed E-state index contributed by atoms with van der Waals surface area (Å²) in [4.78, 5) is 12.8. The highest BCUT2D eigenvalue weighted by Gasteiger charge is 2.06. The molecule has 0 saturated carbocycles. The molecule has 1 atom stereocenters. The minimum absolute atomic E-state index is 0.00348. The van der Waals surface area contributed by atoms with Gasteiger partial charge in [0.1, 0.15) is 0 Å². The Bertz CT molecular complexity index is 352. The van der Waals surface area contributed by atoms with Gasteiger partial charge in [0, 0.05) is 24.6 Å². The summed E-state index contributed by atoms with van der Waals surface area (Å²) >= 11 is 1.71. The number of nitrogens with one attached hydrogen (secondary N) is 2. The van der Waals surface area contributed by atoms with Crippen molar-refractivity contribution < 1.29 is 9.53 Å². The molecule has 4 nitrogen and oxygen atoms in total. The van der Waals surface area contributed by atoms with Crippen LogP contribution in [0.4, 0.5) is 0 Å². The average Bonchev–Trinajstić information content (AvgIpc) is 2.64. The molecule has 0 saturated heterocycles. The highest BCUT2D eigenvalue weighted by atomic mass is 32.1. The van der Waals surface area contributed by atoms with E-state index in [4.69, 9.17) is 4.74 Å². The number of aryl methyl sites for hydroxylation is 1. The Morgan fingerprint density at radius 1 is 1.59 bits per heavy atom. The highest BCUT2D eigenvalue weighted by molar-refractivity contribution is 7.10. The fourth-order valence-electron chi connectivity index (χ4n) is 1.49. The number of amides is 1. The van der Waals surface area contributed by atoms with E-state index in [2.05, 4.69) is 29.0 Å². The first-order valence-electron chi connectivity index (χ1n) is 5.65. The Hall–Kier alpha value is -0.910. The third kappa shape index (κ3) is 5.30. The summed E-state index contributed by atoms with van der Waals surface area (Å²) in [5.74, 6) is 0.00348. The van der Waals surface area contributed by atoms with Crippen LogP contribution < -0.4 is 10.6 Å². The lowest BCUT2D eigenvalue weighted by Gasteiger charge is -2.12. The van der Waals surface area contributed by atoms with Gasteiger partial charge in [-0.15, -0.1) is 11.3 Å². The summed E-state index contributed by atoms with van der Waals surface area (Å²) in [5, 5.41) is 8.05. The number of rotatable bonds is 7. The number of carbonyl (C=O) groups is 1. The van der Waals surface area contributed by atoms with Crippen molar-refractivity contribution in [2.24, 2.45) is 0 Å². The lowest BCUT2D eigenvalue weighted by Crippen LogP contribution is -2.40. The molecule has 0 aromatic carbocycles. The van der Waals surface area contributed by atoms with E-state index in [1.54, 1.807) is 18.4 Å². The molecule has 1 aromatic rings. The molecule has 5 heteroatoms. The molecule has 1 aromatic heterocycles. The first-order valence-corrected chi connectivity index (χ1v) is 6.53. The van der Waals surface area contributed by atoms with Crippen molar-refractivity contribution >= 4 is 17.2 Å².